The molecule has 1 aromatic carbocycles. The van der Waals surface area contributed by atoms with Crippen molar-refractivity contribution in [3.8, 4) is 11.1 Å². The van der Waals surface area contributed by atoms with Gasteiger partial charge in [-0.25, -0.2) is 14.6 Å². The number of pyridine rings is 1. The van der Waals surface area contributed by atoms with Crippen LogP contribution >= 0.6 is 0 Å². The molecule has 2 aromatic heterocycles. The number of ether oxygens (including phenoxy) is 2. The molecular weight excluding hydrogens is 400 g/mol. The van der Waals surface area contributed by atoms with E-state index in [-0.39, 0.29) is 18.3 Å². The van der Waals surface area contributed by atoms with Gasteiger partial charge in [0.1, 0.15) is 24.8 Å². The Balaban J connectivity index is 1.23. The lowest BCUT2D eigenvalue weighted by Gasteiger charge is -2.14. The third kappa shape index (κ3) is 3.94. The Morgan fingerprint density at radius 1 is 0.968 bits per heavy atom. The summed E-state index contributed by atoms with van der Waals surface area (Å²) >= 11 is 0. The normalized spacial score (nSPS) is 18.4. The first-order valence-electron chi connectivity index (χ1n) is 10.1. The van der Waals surface area contributed by atoms with Gasteiger partial charge in [0.15, 0.2) is 0 Å². The molecule has 3 aromatic rings. The van der Waals surface area contributed by atoms with E-state index in [9.17, 15) is 9.59 Å². The van der Waals surface area contributed by atoms with E-state index in [2.05, 4.69) is 10.1 Å². The van der Waals surface area contributed by atoms with Crippen LogP contribution in [0.3, 0.4) is 0 Å². The number of benzene rings is 1. The van der Waals surface area contributed by atoms with Crippen LogP contribution in [0.5, 0.6) is 0 Å². The molecular formula is C22H20N4O5. The van der Waals surface area contributed by atoms with E-state index >= 15 is 0 Å². The summed E-state index contributed by atoms with van der Waals surface area (Å²) in [4.78, 5) is 31.5. The van der Waals surface area contributed by atoms with Crippen LogP contribution in [0.1, 0.15) is 12.1 Å². The fourth-order valence-electron chi connectivity index (χ4n) is 3.71. The van der Waals surface area contributed by atoms with E-state index in [0.29, 0.717) is 38.4 Å². The first-order valence-corrected chi connectivity index (χ1v) is 10.1. The van der Waals surface area contributed by atoms with Crippen LogP contribution in [-0.2, 0) is 15.9 Å². The van der Waals surface area contributed by atoms with Crippen LogP contribution in [0.15, 0.2) is 59.4 Å². The maximum Gasteiger partial charge on any atom is 0.415 e. The van der Waals surface area contributed by atoms with E-state index in [1.807, 2.05) is 36.4 Å². The summed E-state index contributed by atoms with van der Waals surface area (Å²) in [5, 5.41) is 3.88. The third-order valence-corrected chi connectivity index (χ3v) is 5.39. The highest BCUT2D eigenvalue weighted by molar-refractivity contribution is 5.90. The predicted molar refractivity (Wildman–Crippen MR) is 111 cm³/mol. The molecule has 0 aliphatic carbocycles. The molecule has 2 aliphatic rings. The molecule has 4 heterocycles. The van der Waals surface area contributed by atoms with Gasteiger partial charge in [-0.05, 0) is 42.7 Å². The van der Waals surface area contributed by atoms with Gasteiger partial charge < -0.3 is 14.0 Å². The van der Waals surface area contributed by atoms with E-state index in [0.717, 1.165) is 22.5 Å². The number of hydrogen-bond donors (Lipinski definition) is 0. The summed E-state index contributed by atoms with van der Waals surface area (Å²) in [6.07, 6.45) is 3.74. The summed E-state index contributed by atoms with van der Waals surface area (Å²) in [6, 6.07) is 13.2. The smallest absolute Gasteiger partial charge is 0.415 e. The molecule has 31 heavy (non-hydrogen) atoms. The van der Waals surface area contributed by atoms with Crippen molar-refractivity contribution in [1.82, 2.24) is 10.1 Å². The largest absolute Gasteiger partial charge is 0.447 e. The second kappa shape index (κ2) is 8.10. The number of cyclic esters (lactones) is 2. The molecule has 9 nitrogen and oxygen atoms in total. The van der Waals surface area contributed by atoms with Gasteiger partial charge in [-0.15, -0.1) is 0 Å². The summed E-state index contributed by atoms with van der Waals surface area (Å²) in [5.41, 5.74) is 3.50. The lowest BCUT2D eigenvalue weighted by Crippen LogP contribution is -2.24. The highest BCUT2D eigenvalue weighted by Crippen LogP contribution is 2.28. The van der Waals surface area contributed by atoms with Crippen molar-refractivity contribution < 1.29 is 23.6 Å². The number of anilines is 2. The van der Waals surface area contributed by atoms with Crippen molar-refractivity contribution in [2.24, 2.45) is 0 Å². The Kier molecular flexibility index (Phi) is 4.99. The summed E-state index contributed by atoms with van der Waals surface area (Å²) in [5.74, 6) is 0.569. The molecule has 9 heteroatoms. The highest BCUT2D eigenvalue weighted by Gasteiger charge is 2.32. The molecule has 1 atom stereocenters. The van der Waals surface area contributed by atoms with Gasteiger partial charge in [0, 0.05) is 23.5 Å². The van der Waals surface area contributed by atoms with Crippen LogP contribution in [0.2, 0.25) is 0 Å². The van der Waals surface area contributed by atoms with Crippen LogP contribution < -0.4 is 9.80 Å². The Morgan fingerprint density at radius 3 is 2.48 bits per heavy atom. The first-order chi connectivity index (χ1) is 15.2. The molecule has 0 N–H and O–H groups in total. The average molecular weight is 420 g/mol. The highest BCUT2D eigenvalue weighted by atomic mass is 16.6. The number of carbonyl (C=O) groups is 2. The molecule has 2 aliphatic heterocycles. The number of hydrogen-bond acceptors (Lipinski definition) is 7. The number of rotatable bonds is 6. The monoisotopic (exact) mass is 420 g/mol. The molecule has 0 unspecified atom stereocenters. The van der Waals surface area contributed by atoms with Gasteiger partial charge in [-0.2, -0.15) is 0 Å². The quantitative estimate of drug-likeness (QED) is 0.600. The minimum absolute atomic E-state index is 0.183. The zero-order chi connectivity index (χ0) is 21.2. The Morgan fingerprint density at radius 2 is 1.81 bits per heavy atom. The zero-order valence-electron chi connectivity index (χ0n) is 16.6. The number of amides is 2. The first kappa shape index (κ1) is 19.1. The van der Waals surface area contributed by atoms with Crippen molar-refractivity contribution in [2.45, 2.75) is 18.9 Å². The number of aromatic nitrogens is 2. The maximum atomic E-state index is 12.3. The van der Waals surface area contributed by atoms with Crippen molar-refractivity contribution in [3.63, 3.8) is 0 Å². The zero-order valence-corrected chi connectivity index (χ0v) is 16.6. The molecule has 2 amide bonds. The lowest BCUT2D eigenvalue weighted by molar-refractivity contribution is 0.136. The van der Waals surface area contributed by atoms with Crippen molar-refractivity contribution in [1.29, 1.82) is 0 Å². The predicted octanol–water partition coefficient (Wildman–Crippen LogP) is 3.65. The minimum atomic E-state index is -0.374. The molecule has 0 spiro atoms. The van der Waals surface area contributed by atoms with Crippen LogP contribution in [0, 0.1) is 0 Å². The standard InChI is InChI=1S/C22H20N4O5/c27-21-25(10-12-29-21)20-8-3-16(13-23-20)15-1-5-18(6-2-15)26-14-19(31-22(26)28)7-4-17-9-11-30-24-17/h1-3,5-6,8-9,11,13,19H,4,7,10,12,14H2/t19-/m0/s1. The van der Waals surface area contributed by atoms with Crippen LogP contribution in [-0.4, -0.2) is 48.1 Å². The average Bonchev–Trinajstić information content (AvgIpc) is 3.54. The maximum absolute atomic E-state index is 12.3. The van der Waals surface area contributed by atoms with Crippen molar-refractivity contribution in [3.05, 3.63) is 60.6 Å². The summed E-state index contributed by atoms with van der Waals surface area (Å²) < 4.78 is 15.3. The number of carbonyl (C=O) groups excluding carboxylic acids is 2. The Bertz CT molecular complexity index is 1070. The Hall–Kier alpha value is -3.88. The van der Waals surface area contributed by atoms with E-state index in [4.69, 9.17) is 14.0 Å². The van der Waals surface area contributed by atoms with Gasteiger partial charge in [0.25, 0.3) is 0 Å². The fraction of sp³-hybridized carbons (Fsp3) is 0.273. The van der Waals surface area contributed by atoms with Crippen molar-refractivity contribution in [2.75, 3.05) is 29.5 Å². The van der Waals surface area contributed by atoms with E-state index in [1.165, 1.54) is 11.2 Å². The Labute approximate surface area is 178 Å². The number of aryl methyl sites for hydroxylation is 1. The van der Waals surface area contributed by atoms with Gasteiger partial charge in [0.2, 0.25) is 0 Å². The fourth-order valence-corrected chi connectivity index (χ4v) is 3.71. The van der Waals surface area contributed by atoms with E-state index < -0.39 is 0 Å². The van der Waals surface area contributed by atoms with Crippen LogP contribution in [0.25, 0.3) is 11.1 Å². The van der Waals surface area contributed by atoms with Gasteiger partial charge >= 0.3 is 12.2 Å². The third-order valence-electron chi connectivity index (χ3n) is 5.39. The summed E-state index contributed by atoms with van der Waals surface area (Å²) in [6.45, 7) is 1.38. The molecule has 2 saturated heterocycles. The molecule has 2 fully saturated rings. The number of nitrogens with zero attached hydrogens (tertiary/aromatic N) is 4. The second-order valence-electron chi connectivity index (χ2n) is 7.36. The topological polar surface area (TPSA) is 98.0 Å². The van der Waals surface area contributed by atoms with E-state index in [1.54, 1.807) is 17.2 Å². The van der Waals surface area contributed by atoms with Gasteiger partial charge in [-0.1, -0.05) is 17.3 Å². The van der Waals surface area contributed by atoms with Gasteiger partial charge in [-0.3, -0.25) is 9.80 Å². The molecule has 0 saturated carbocycles. The lowest BCUT2D eigenvalue weighted by atomic mass is 10.1. The molecule has 0 bridgehead atoms. The van der Waals surface area contributed by atoms with Crippen LogP contribution in [0.4, 0.5) is 21.1 Å². The molecule has 5 rings (SSSR count). The summed E-state index contributed by atoms with van der Waals surface area (Å²) in [7, 11) is 0. The SMILES string of the molecule is O=C1O[C@@H](CCc2ccon2)CN1c1ccc(-c2ccc(N3CCOC3=O)nc2)cc1. The molecule has 158 valence electrons. The minimum Gasteiger partial charge on any atom is -0.447 e. The van der Waals surface area contributed by atoms with Crippen molar-refractivity contribution >= 4 is 23.7 Å². The van der Waals surface area contributed by atoms with Gasteiger partial charge in [0.05, 0.1) is 18.8 Å². The second-order valence-corrected chi connectivity index (χ2v) is 7.36. The molecule has 0 radical (unpaired) electrons.